The van der Waals surface area contributed by atoms with Crippen LogP contribution in [0.1, 0.15) is 68.6 Å². The van der Waals surface area contributed by atoms with Crippen LogP contribution in [0.4, 0.5) is 0 Å². The molecule has 31 nitrogen and oxygen atoms in total. The van der Waals surface area contributed by atoms with Crippen LogP contribution in [0.2, 0.25) is 0 Å². The Morgan fingerprint density at radius 3 is 1.13 bits per heavy atom. The lowest BCUT2D eigenvalue weighted by Crippen LogP contribution is -1.89. The maximum absolute atomic E-state index is 4.63. The fraction of sp³-hybridized carbons (Fsp3) is 0.150. The topological polar surface area (TPSA) is 431 Å². The molecule has 31 heteroatoms. The minimum Gasteiger partial charge on any atom is -0.342 e. The molecule has 0 amide bonds. The standard InChI is InChI=1S/C15H13N5.4C14H12N6.C9H10N2/c1-8-3-10(7-16-6-8)15-19-13-4-11-12(5-14(13)20-15)18-9(2)17-11;1-7-3-13(16-6-15-7)14-19-11-4-9-10(5-12(11)20-14)18-8(2)17-9;1-7-3-9(6-15-5-7)12-18-11-4-10-13(17-8(2)16-10)20-14(11)19-12;1-7-3-4-9(15-6-7)12-18-11-5-10-13(17-8(2)16-10)20-14(11)19-12;1-7-4-3-5-9(15-7)12-18-11-6-10-13(17-8(2)16-10)20-14(11)19-12;1-6-3-4-8-9(5-6)11-7(2)10-8/h3-7H,1-2H3,(H,17,18)(H,19,20);3-6H,1-2H3,(H,17,18)(H,19,20);3*3-6H,1-2H3,(H2,16,17,18,19,20);3-5H,1-2H3,(H,10,11). The summed E-state index contributed by atoms with van der Waals surface area (Å²) in [7, 11) is 0. The number of aryl methyl sites for hydroxylation is 12. The normalized spacial score (nSPS) is 11.4. The third-order valence-electron chi connectivity index (χ3n) is 17.9. The maximum Gasteiger partial charge on any atom is 0.180 e. The number of nitrogens with zero attached hydrogens (tertiary/aromatic N) is 20. The largest absolute Gasteiger partial charge is 0.342 e. The van der Waals surface area contributed by atoms with E-state index in [1.165, 1.54) is 5.56 Å². The van der Waals surface area contributed by atoms with Crippen molar-refractivity contribution in [3.05, 3.63) is 215 Å². The second kappa shape index (κ2) is 28.4. The molecule has 0 saturated heterocycles. The Morgan fingerprint density at radius 2 is 0.613 bits per heavy atom. The van der Waals surface area contributed by atoms with Gasteiger partial charge in [-0.3, -0.25) is 15.0 Å². The van der Waals surface area contributed by atoms with Crippen LogP contribution >= 0.6 is 0 Å². The van der Waals surface area contributed by atoms with E-state index in [9.17, 15) is 0 Å². The van der Waals surface area contributed by atoms with Crippen molar-refractivity contribution in [1.29, 1.82) is 0 Å². The third-order valence-corrected chi connectivity index (χ3v) is 17.9. The Labute approximate surface area is 629 Å². The summed E-state index contributed by atoms with van der Waals surface area (Å²) in [5, 5.41) is 0. The van der Waals surface area contributed by atoms with E-state index in [0.29, 0.717) is 33.9 Å². The average molecular weight is 1470 g/mol. The van der Waals surface area contributed by atoms with E-state index in [2.05, 4.69) is 180 Å². The molecule has 22 rings (SSSR count). The summed E-state index contributed by atoms with van der Waals surface area (Å²) in [4.78, 5) is 123. The Morgan fingerprint density at radius 1 is 0.216 bits per heavy atom. The van der Waals surface area contributed by atoms with Gasteiger partial charge in [-0.2, -0.15) is 0 Å². The van der Waals surface area contributed by atoms with Crippen molar-refractivity contribution in [2.75, 3.05) is 0 Å². The van der Waals surface area contributed by atoms with Crippen LogP contribution in [0.25, 0.3) is 179 Å². The fourth-order valence-corrected chi connectivity index (χ4v) is 12.9. The number of nitrogens with one attached hydrogen (secondary N) is 11. The van der Waals surface area contributed by atoms with Gasteiger partial charge in [0.15, 0.2) is 51.4 Å². The Hall–Kier alpha value is -15.0. The molecule has 546 valence electrons. The lowest BCUT2D eigenvalue weighted by atomic mass is 10.2. The Bertz CT molecular complexity index is 6350. The first kappa shape index (κ1) is 69.0. The van der Waals surface area contributed by atoms with Gasteiger partial charge in [-0.05, 0) is 196 Å². The number of imidazole rings is 11. The minimum atomic E-state index is 0.654. The summed E-state index contributed by atoms with van der Waals surface area (Å²) in [5.74, 6) is 9.13. The zero-order valence-corrected chi connectivity index (χ0v) is 62.3. The molecule has 0 fully saturated rings. The van der Waals surface area contributed by atoms with Crippen molar-refractivity contribution in [3.63, 3.8) is 0 Å². The summed E-state index contributed by atoms with van der Waals surface area (Å²) in [6.07, 6.45) is 10.6. The molecule has 0 aliphatic rings. The average Bonchev–Trinajstić information content (AvgIpc) is 1.66. The Kier molecular flexibility index (Phi) is 17.6. The molecule has 19 aromatic heterocycles. The number of aromatic amines is 11. The van der Waals surface area contributed by atoms with Gasteiger partial charge in [0.1, 0.15) is 70.0 Å². The summed E-state index contributed by atoms with van der Waals surface area (Å²) in [6, 6.07) is 36.0. The molecule has 0 bridgehead atoms. The molecule has 19 heterocycles. The molecule has 0 aliphatic heterocycles. The van der Waals surface area contributed by atoms with Crippen LogP contribution in [0.3, 0.4) is 0 Å². The van der Waals surface area contributed by atoms with E-state index in [-0.39, 0.29) is 0 Å². The highest BCUT2D eigenvalue weighted by atomic mass is 15.1. The van der Waals surface area contributed by atoms with Gasteiger partial charge >= 0.3 is 0 Å². The number of H-pyrrole nitrogens is 11. The molecule has 11 N–H and O–H groups in total. The van der Waals surface area contributed by atoms with Crippen LogP contribution in [0.5, 0.6) is 0 Å². The van der Waals surface area contributed by atoms with E-state index in [1.807, 2.05) is 192 Å². The monoisotopic (exact) mass is 1470 g/mol. The minimum absolute atomic E-state index is 0.654. The zero-order chi connectivity index (χ0) is 76.3. The number of hydrogen-bond acceptors (Lipinski definition) is 20. The van der Waals surface area contributed by atoms with Crippen LogP contribution in [0, 0.1) is 83.1 Å². The van der Waals surface area contributed by atoms with Gasteiger partial charge in [0.25, 0.3) is 0 Å². The lowest BCUT2D eigenvalue weighted by Gasteiger charge is -1.96. The number of aromatic nitrogens is 31. The van der Waals surface area contributed by atoms with Gasteiger partial charge in [-0.1, -0.05) is 18.2 Å². The van der Waals surface area contributed by atoms with Crippen LogP contribution in [0.15, 0.2) is 147 Å². The van der Waals surface area contributed by atoms with E-state index in [4.69, 9.17) is 0 Å². The molecule has 0 saturated carbocycles. The van der Waals surface area contributed by atoms with Gasteiger partial charge in [-0.25, -0.2) is 84.7 Å². The highest BCUT2D eigenvalue weighted by Gasteiger charge is 2.17. The number of rotatable bonds is 5. The van der Waals surface area contributed by atoms with Gasteiger partial charge in [-0.15, -0.1) is 0 Å². The lowest BCUT2D eigenvalue weighted by molar-refractivity contribution is 1.09. The molecule has 22 aromatic rings. The predicted octanol–water partition coefficient (Wildman–Crippen LogP) is 15.3. The molecule has 0 unspecified atom stereocenters. The second-order valence-electron chi connectivity index (χ2n) is 27.3. The first-order valence-corrected chi connectivity index (χ1v) is 35.5. The highest BCUT2D eigenvalue weighted by molar-refractivity contribution is 5.95. The molecule has 0 radical (unpaired) electrons. The summed E-state index contributed by atoms with van der Waals surface area (Å²) >= 11 is 0. The van der Waals surface area contributed by atoms with E-state index in [1.54, 1.807) is 12.5 Å². The molecule has 3 aromatic carbocycles. The van der Waals surface area contributed by atoms with Gasteiger partial charge < -0.3 is 54.8 Å². The van der Waals surface area contributed by atoms with E-state index < -0.39 is 0 Å². The molecule has 0 aliphatic carbocycles. The van der Waals surface area contributed by atoms with E-state index in [0.717, 1.165) is 209 Å². The first-order valence-electron chi connectivity index (χ1n) is 35.5. The first-order chi connectivity index (χ1) is 53.7. The van der Waals surface area contributed by atoms with Crippen molar-refractivity contribution in [3.8, 4) is 57.3 Å². The zero-order valence-electron chi connectivity index (χ0n) is 62.3. The van der Waals surface area contributed by atoms with Gasteiger partial charge in [0.05, 0.1) is 88.3 Å². The van der Waals surface area contributed by atoms with Crippen molar-refractivity contribution >= 4 is 122 Å². The second-order valence-corrected chi connectivity index (χ2v) is 27.3. The summed E-state index contributed by atoms with van der Waals surface area (Å²) in [6.45, 7) is 23.6. The summed E-state index contributed by atoms with van der Waals surface area (Å²) in [5.41, 5.74) is 30.1. The van der Waals surface area contributed by atoms with Gasteiger partial charge in [0.2, 0.25) is 0 Å². The number of fused-ring (bicyclic) bond motifs is 11. The van der Waals surface area contributed by atoms with Crippen LogP contribution in [-0.2, 0) is 0 Å². The van der Waals surface area contributed by atoms with E-state index >= 15 is 0 Å². The maximum atomic E-state index is 4.63. The SMILES string of the molecule is Cc1cc(-c2nc3cc4nc(C)[nH]c4cc3[nH]2)ncn1.Cc1ccc(-c2nc3nc4nc(C)[nH]c4cc3[nH]2)nc1.Cc1ccc2nc(C)[nH]c2c1.Cc1cccc(-c2nc3nc4nc(C)[nH]c4cc3[nH]2)n1.Cc1cncc(-c2nc3cc4nc(C)[nH]c4cc3[nH]2)c1.Cc1cncc(-c2nc3nc4nc(C)[nH]c4cc3[nH]2)c1. The molecule has 111 heavy (non-hydrogen) atoms. The fourth-order valence-electron chi connectivity index (χ4n) is 12.9. The molecule has 0 spiro atoms. The quantitative estimate of drug-likeness (QED) is 0.0762. The van der Waals surface area contributed by atoms with Crippen LogP contribution < -0.4 is 0 Å². The Balaban J connectivity index is 0.0000000976. The summed E-state index contributed by atoms with van der Waals surface area (Å²) < 4.78 is 0. The van der Waals surface area contributed by atoms with Gasteiger partial charge in [0, 0.05) is 53.5 Å². The molecular weight excluding hydrogens is 1400 g/mol. The predicted molar refractivity (Wildman–Crippen MR) is 429 cm³/mol. The van der Waals surface area contributed by atoms with Crippen LogP contribution in [-0.4, -0.2) is 155 Å². The van der Waals surface area contributed by atoms with Crippen molar-refractivity contribution in [1.82, 2.24) is 155 Å². The number of pyridine rings is 7. The van der Waals surface area contributed by atoms with Crippen molar-refractivity contribution < 1.29 is 0 Å². The third kappa shape index (κ3) is 14.7. The molecular formula is C80H71N31. The number of hydrogen-bond donors (Lipinski definition) is 11. The smallest absolute Gasteiger partial charge is 0.180 e. The molecule has 0 atom stereocenters. The van der Waals surface area contributed by atoms with Crippen molar-refractivity contribution in [2.24, 2.45) is 0 Å². The highest BCUT2D eigenvalue weighted by Crippen LogP contribution is 2.29. The number of benzene rings is 3. The van der Waals surface area contributed by atoms with Crippen molar-refractivity contribution in [2.45, 2.75) is 83.1 Å².